The minimum Gasteiger partial charge on any atom is -0.354 e. The molecule has 2 aromatic rings. The molecule has 28 heavy (non-hydrogen) atoms. The number of hydrogen-bond donors (Lipinski definition) is 1. The van der Waals surface area contributed by atoms with Gasteiger partial charge in [-0.3, -0.25) is 14.2 Å². The molecule has 1 amide bonds. The van der Waals surface area contributed by atoms with E-state index in [9.17, 15) is 9.59 Å². The lowest BCUT2D eigenvalue weighted by Crippen LogP contribution is -2.31. The molecule has 0 saturated carbocycles. The van der Waals surface area contributed by atoms with Gasteiger partial charge in [-0.05, 0) is 44.4 Å². The van der Waals surface area contributed by atoms with Gasteiger partial charge in [0.1, 0.15) is 0 Å². The Hall–Kier alpha value is -1.60. The van der Waals surface area contributed by atoms with Gasteiger partial charge in [-0.15, -0.1) is 0 Å². The molecular weight excluding hydrogens is 438 g/mol. The summed E-state index contributed by atoms with van der Waals surface area (Å²) >= 11 is 4.95. The molecule has 152 valence electrons. The van der Waals surface area contributed by atoms with Crippen LogP contribution < -0.4 is 10.9 Å². The fraction of sp³-hybridized carbons (Fsp3) is 0.476. The number of carbonyl (C=O) groups is 1. The van der Waals surface area contributed by atoms with Gasteiger partial charge < -0.3 is 5.32 Å². The average Bonchev–Trinajstić information content (AvgIpc) is 2.67. The molecule has 0 bridgehead atoms. The third-order valence-corrected chi connectivity index (χ3v) is 6.29. The van der Waals surface area contributed by atoms with Crippen molar-refractivity contribution in [2.24, 2.45) is 7.05 Å². The number of rotatable bonds is 9. The minimum atomic E-state index is -0.00701. The minimum absolute atomic E-state index is 0.00701. The van der Waals surface area contributed by atoms with Crippen LogP contribution in [0.15, 0.2) is 38.7 Å². The molecule has 1 N–H and O–H groups in total. The molecule has 7 heteroatoms. The number of thioether (sulfide) groups is 1. The van der Waals surface area contributed by atoms with Crippen molar-refractivity contribution in [2.75, 3.05) is 5.75 Å². The Labute approximate surface area is 179 Å². The first kappa shape index (κ1) is 22.7. The molecule has 0 aliphatic rings. The van der Waals surface area contributed by atoms with E-state index in [1.54, 1.807) is 11.6 Å². The number of carbonyl (C=O) groups excluding carboxylic acids is 1. The molecular formula is C21H28BrN3O2S. The zero-order chi connectivity index (χ0) is 20.7. The number of hydrogen-bond acceptors (Lipinski definition) is 4. The highest BCUT2D eigenvalue weighted by atomic mass is 79.9. The van der Waals surface area contributed by atoms with E-state index in [-0.39, 0.29) is 17.5 Å². The summed E-state index contributed by atoms with van der Waals surface area (Å²) in [6, 6.07) is 8.18. The predicted molar refractivity (Wildman–Crippen MR) is 119 cm³/mol. The molecule has 1 atom stereocenters. The maximum atomic E-state index is 12.8. The van der Waals surface area contributed by atoms with Crippen LogP contribution in [0.3, 0.4) is 0 Å². The number of halogens is 1. The summed E-state index contributed by atoms with van der Waals surface area (Å²) < 4.78 is 2.63. The van der Waals surface area contributed by atoms with Gasteiger partial charge in [0.05, 0.1) is 0 Å². The molecule has 2 rings (SSSR count). The van der Waals surface area contributed by atoms with Crippen molar-refractivity contribution in [3.8, 4) is 0 Å². The van der Waals surface area contributed by atoms with Crippen LogP contribution in [-0.2, 0) is 18.3 Å². The maximum Gasteiger partial charge on any atom is 0.257 e. The Balaban J connectivity index is 1.98. The molecule has 0 saturated heterocycles. The van der Waals surface area contributed by atoms with Gasteiger partial charge in [-0.2, -0.15) is 0 Å². The maximum absolute atomic E-state index is 12.8. The Morgan fingerprint density at radius 2 is 2.00 bits per heavy atom. The van der Waals surface area contributed by atoms with E-state index >= 15 is 0 Å². The van der Waals surface area contributed by atoms with Gasteiger partial charge in [0.25, 0.3) is 5.56 Å². The average molecular weight is 466 g/mol. The predicted octanol–water partition coefficient (Wildman–Crippen LogP) is 4.23. The smallest absolute Gasteiger partial charge is 0.257 e. The zero-order valence-corrected chi connectivity index (χ0v) is 19.3. The Bertz CT molecular complexity index is 865. The lowest BCUT2D eigenvalue weighted by atomic mass is 10.1. The van der Waals surface area contributed by atoms with Crippen LogP contribution in [0.5, 0.6) is 0 Å². The summed E-state index contributed by atoms with van der Waals surface area (Å²) in [7, 11) is 1.76. The van der Waals surface area contributed by atoms with Crippen LogP contribution in [0.4, 0.5) is 0 Å². The summed E-state index contributed by atoms with van der Waals surface area (Å²) in [4.78, 5) is 29.3. The molecule has 0 fully saturated rings. The van der Waals surface area contributed by atoms with Crippen molar-refractivity contribution in [2.45, 2.75) is 57.7 Å². The molecule has 5 nitrogen and oxygen atoms in total. The van der Waals surface area contributed by atoms with E-state index in [1.807, 2.05) is 38.1 Å². The van der Waals surface area contributed by atoms with Gasteiger partial charge in [-0.1, -0.05) is 46.7 Å². The summed E-state index contributed by atoms with van der Waals surface area (Å²) in [6.45, 7) is 5.94. The molecule has 0 aliphatic heterocycles. The van der Waals surface area contributed by atoms with Gasteiger partial charge in [-0.25, -0.2) is 4.98 Å². The number of nitrogens with one attached hydrogen (secondary N) is 1. The van der Waals surface area contributed by atoms with Crippen molar-refractivity contribution in [1.29, 1.82) is 0 Å². The van der Waals surface area contributed by atoms with E-state index in [0.717, 1.165) is 39.9 Å². The lowest BCUT2D eigenvalue weighted by molar-refractivity contribution is -0.121. The Morgan fingerprint density at radius 1 is 1.32 bits per heavy atom. The van der Waals surface area contributed by atoms with Crippen LogP contribution >= 0.6 is 27.7 Å². The summed E-state index contributed by atoms with van der Waals surface area (Å²) in [5, 5.41) is 3.67. The third-order valence-electron chi connectivity index (χ3n) is 4.64. The molecule has 1 aromatic heterocycles. The molecule has 0 radical (unpaired) electrons. The molecule has 0 spiro atoms. The topological polar surface area (TPSA) is 64.0 Å². The van der Waals surface area contributed by atoms with Gasteiger partial charge in [0, 0.05) is 47.4 Å². The van der Waals surface area contributed by atoms with Crippen LogP contribution in [0.25, 0.3) is 0 Å². The van der Waals surface area contributed by atoms with Crippen LogP contribution in [0.2, 0.25) is 0 Å². The van der Waals surface area contributed by atoms with E-state index in [0.29, 0.717) is 18.0 Å². The molecule has 1 aromatic carbocycles. The number of benzene rings is 1. The largest absolute Gasteiger partial charge is 0.354 e. The van der Waals surface area contributed by atoms with Crippen LogP contribution in [-0.4, -0.2) is 27.3 Å². The Kier molecular flexibility index (Phi) is 8.76. The SMILES string of the molecule is CCC(C)NC(=O)CCCSc1nc(C)c(Cc2ccc(Br)cc2)c(=O)n1C. The van der Waals surface area contributed by atoms with E-state index in [1.165, 1.54) is 11.8 Å². The first-order valence-corrected chi connectivity index (χ1v) is 11.3. The van der Waals surface area contributed by atoms with Crippen molar-refractivity contribution in [1.82, 2.24) is 14.9 Å². The monoisotopic (exact) mass is 465 g/mol. The van der Waals surface area contributed by atoms with E-state index < -0.39 is 0 Å². The quantitative estimate of drug-likeness (QED) is 0.341. The molecule has 1 unspecified atom stereocenters. The molecule has 0 aliphatic carbocycles. The van der Waals surface area contributed by atoms with Crippen LogP contribution in [0, 0.1) is 6.92 Å². The van der Waals surface area contributed by atoms with Crippen molar-refractivity contribution < 1.29 is 4.79 Å². The highest BCUT2D eigenvalue weighted by Gasteiger charge is 2.13. The third kappa shape index (κ3) is 6.48. The number of nitrogens with zero attached hydrogens (tertiary/aromatic N) is 2. The van der Waals surface area contributed by atoms with Crippen molar-refractivity contribution in [3.05, 3.63) is 55.9 Å². The highest BCUT2D eigenvalue weighted by Crippen LogP contribution is 2.19. The van der Waals surface area contributed by atoms with E-state index in [2.05, 4.69) is 33.2 Å². The normalized spacial score (nSPS) is 12.0. The first-order chi connectivity index (χ1) is 13.3. The lowest BCUT2D eigenvalue weighted by Gasteiger charge is -2.13. The second-order valence-electron chi connectivity index (χ2n) is 6.95. The number of aromatic nitrogens is 2. The zero-order valence-electron chi connectivity index (χ0n) is 16.9. The standard InChI is InChI=1S/C21H28BrN3O2S/c1-5-14(2)23-19(26)7-6-12-28-21-24-15(3)18(20(27)25(21)4)13-16-8-10-17(22)11-9-16/h8-11,14H,5-7,12-13H2,1-4H3,(H,23,26). The van der Waals surface area contributed by atoms with Gasteiger partial charge in [0.15, 0.2) is 5.16 Å². The van der Waals surface area contributed by atoms with Gasteiger partial charge in [0.2, 0.25) is 5.91 Å². The fourth-order valence-electron chi connectivity index (χ4n) is 2.71. The first-order valence-electron chi connectivity index (χ1n) is 9.55. The van der Waals surface area contributed by atoms with Crippen molar-refractivity contribution >= 4 is 33.6 Å². The Morgan fingerprint density at radius 3 is 2.64 bits per heavy atom. The van der Waals surface area contributed by atoms with Crippen molar-refractivity contribution in [3.63, 3.8) is 0 Å². The van der Waals surface area contributed by atoms with Gasteiger partial charge >= 0.3 is 0 Å². The summed E-state index contributed by atoms with van der Waals surface area (Å²) in [5.74, 6) is 0.831. The second-order valence-corrected chi connectivity index (χ2v) is 8.93. The van der Waals surface area contributed by atoms with E-state index in [4.69, 9.17) is 0 Å². The van der Waals surface area contributed by atoms with Crippen LogP contribution in [0.1, 0.15) is 49.9 Å². The summed E-state index contributed by atoms with van der Waals surface area (Å²) in [6.07, 6.45) is 2.74. The fourth-order valence-corrected chi connectivity index (χ4v) is 3.93. The highest BCUT2D eigenvalue weighted by molar-refractivity contribution is 9.10. The second kappa shape index (κ2) is 10.8. The molecule has 1 heterocycles. The summed E-state index contributed by atoms with van der Waals surface area (Å²) in [5.41, 5.74) is 2.57. The number of aryl methyl sites for hydroxylation is 1. The number of amides is 1.